The highest BCUT2D eigenvalue weighted by molar-refractivity contribution is 7.47. The Kier molecular flexibility index (Phi) is 29.1. The summed E-state index contributed by atoms with van der Waals surface area (Å²) in [5, 5.41) is 0. The first-order valence-electron chi connectivity index (χ1n) is 19.2. The molecule has 288 valence electrons. The summed E-state index contributed by atoms with van der Waals surface area (Å²) in [6.45, 7) is 3.54. The summed E-state index contributed by atoms with van der Waals surface area (Å²) in [5.41, 5.74) is 5.33. The van der Waals surface area contributed by atoms with Crippen LogP contribution in [-0.4, -0.2) is 61.5 Å². The Labute approximate surface area is 302 Å². The third-order valence-electron chi connectivity index (χ3n) is 8.11. The van der Waals surface area contributed by atoms with Crippen molar-refractivity contribution in [1.29, 1.82) is 0 Å². The van der Waals surface area contributed by atoms with Crippen molar-refractivity contribution in [1.82, 2.24) is 0 Å². The van der Waals surface area contributed by atoms with Gasteiger partial charge in [0.1, 0.15) is 6.61 Å². The highest BCUT2D eigenvalue weighted by Gasteiger charge is 2.36. The van der Waals surface area contributed by atoms with Crippen LogP contribution in [0.3, 0.4) is 0 Å². The van der Waals surface area contributed by atoms with Gasteiger partial charge in [0.05, 0.1) is 25.4 Å². The molecule has 0 amide bonds. The number of carbonyl (C=O) groups excluding carboxylic acids is 2. The van der Waals surface area contributed by atoms with Crippen LogP contribution in [-0.2, 0) is 37.4 Å². The molecule has 0 aliphatic carbocycles. The Bertz CT molecular complexity index is 1030. The highest BCUT2D eigenvalue weighted by atomic mass is 31.2. The second-order valence-corrected chi connectivity index (χ2v) is 14.3. The first-order valence-corrected chi connectivity index (χ1v) is 20.7. The molecule has 0 saturated carbocycles. The van der Waals surface area contributed by atoms with E-state index >= 15 is 0 Å². The first kappa shape index (κ1) is 46.0. The van der Waals surface area contributed by atoms with Gasteiger partial charge in [-0.2, -0.15) is 0 Å². The number of phosphoric ester groups is 1. The molecule has 50 heavy (non-hydrogen) atoms. The topological polar surface area (TPSA) is 147 Å². The molecule has 0 radical (unpaired) electrons. The van der Waals surface area contributed by atoms with Crippen molar-refractivity contribution in [2.24, 2.45) is 5.73 Å². The summed E-state index contributed by atoms with van der Waals surface area (Å²) in [5.74, 6) is -0.922. The van der Waals surface area contributed by atoms with Crippen LogP contribution < -0.4 is 5.73 Å². The molecule has 1 saturated heterocycles. The van der Waals surface area contributed by atoms with Crippen molar-refractivity contribution in [3.05, 3.63) is 48.6 Å². The predicted molar refractivity (Wildman–Crippen MR) is 201 cm³/mol. The van der Waals surface area contributed by atoms with Gasteiger partial charge in [-0.1, -0.05) is 107 Å². The van der Waals surface area contributed by atoms with E-state index in [9.17, 15) is 19.0 Å². The zero-order chi connectivity index (χ0) is 36.5. The standard InChI is InChI=1S/C39H68NO9P/c1-3-5-7-9-11-13-15-17-18-20-22-24-27-36-37(49-36)28-26-30-38(41)45-33-35(34-47-50(43,44)46-32-31-40)48-39(42)29-25-23-21-19-16-14-12-10-8-6-4-2/h10-13,17-18,22,24,35-37H,3-9,14-16,19-21,23,25-34,40H2,1-2H3,(H,43,44)/b12-10-,13-11-,18-17-,24-22-/t35-,36?,37?/m1/s1. The SMILES string of the molecule is CCCC/C=C\CCCCCCCC(=O)O[C@H](COC(=O)CCCC1OC1C/C=C\C/C=C\C/C=C\CCCCC)COP(=O)(O)OCCN. The lowest BCUT2D eigenvalue weighted by Gasteiger charge is -2.19. The van der Waals surface area contributed by atoms with Gasteiger partial charge in [-0.15, -0.1) is 0 Å². The van der Waals surface area contributed by atoms with Crippen molar-refractivity contribution < 1.29 is 42.3 Å². The molecule has 1 fully saturated rings. The summed E-state index contributed by atoms with van der Waals surface area (Å²) < 4.78 is 38.4. The largest absolute Gasteiger partial charge is 0.472 e. The number of nitrogens with two attached hydrogens (primary N) is 1. The van der Waals surface area contributed by atoms with Gasteiger partial charge < -0.3 is 24.8 Å². The van der Waals surface area contributed by atoms with E-state index in [2.05, 4.69) is 62.5 Å². The van der Waals surface area contributed by atoms with Gasteiger partial charge in [0.15, 0.2) is 6.10 Å². The number of hydrogen-bond donors (Lipinski definition) is 2. The summed E-state index contributed by atoms with van der Waals surface area (Å²) in [6, 6.07) is 0. The van der Waals surface area contributed by atoms with Crippen molar-refractivity contribution in [2.45, 2.75) is 161 Å². The molecule has 1 aliphatic heterocycles. The van der Waals surface area contributed by atoms with E-state index in [1.165, 1.54) is 38.5 Å². The Morgan fingerprint density at radius 1 is 0.720 bits per heavy atom. The molecule has 0 aromatic heterocycles. The molecule has 1 heterocycles. The van der Waals surface area contributed by atoms with E-state index in [4.69, 9.17) is 29.0 Å². The minimum atomic E-state index is -4.39. The summed E-state index contributed by atoms with van der Waals surface area (Å²) in [6.07, 6.45) is 35.9. The number of ether oxygens (including phenoxy) is 3. The molecule has 0 bridgehead atoms. The number of allylic oxidation sites excluding steroid dienone is 7. The Balaban J connectivity index is 2.29. The maximum absolute atomic E-state index is 12.5. The molecule has 3 unspecified atom stereocenters. The normalized spacial score (nSPS) is 18.0. The number of epoxide rings is 1. The predicted octanol–water partition coefficient (Wildman–Crippen LogP) is 9.37. The second kappa shape index (κ2) is 31.6. The van der Waals surface area contributed by atoms with Crippen LogP contribution in [0.5, 0.6) is 0 Å². The van der Waals surface area contributed by atoms with Crippen LogP contribution in [0, 0.1) is 0 Å². The third-order valence-corrected chi connectivity index (χ3v) is 9.10. The number of phosphoric acid groups is 1. The average molecular weight is 726 g/mol. The lowest BCUT2D eigenvalue weighted by atomic mass is 10.1. The van der Waals surface area contributed by atoms with Gasteiger partial charge in [-0.05, 0) is 70.6 Å². The number of esters is 2. The van der Waals surface area contributed by atoms with E-state index in [1.54, 1.807) is 0 Å². The first-order chi connectivity index (χ1) is 24.3. The van der Waals surface area contributed by atoms with Crippen LogP contribution in [0.15, 0.2) is 48.6 Å². The maximum Gasteiger partial charge on any atom is 0.472 e. The zero-order valence-corrected chi connectivity index (χ0v) is 32.0. The molecule has 4 atom stereocenters. The molecule has 11 heteroatoms. The Morgan fingerprint density at radius 3 is 2.04 bits per heavy atom. The van der Waals surface area contributed by atoms with Crippen molar-refractivity contribution in [3.63, 3.8) is 0 Å². The molecule has 0 aromatic rings. The van der Waals surface area contributed by atoms with E-state index in [0.29, 0.717) is 12.8 Å². The van der Waals surface area contributed by atoms with Gasteiger partial charge in [-0.25, -0.2) is 4.57 Å². The third kappa shape index (κ3) is 28.6. The molecule has 0 aromatic carbocycles. The van der Waals surface area contributed by atoms with E-state index in [-0.39, 0.29) is 44.8 Å². The Hall–Kier alpha value is -2.07. The van der Waals surface area contributed by atoms with Gasteiger partial charge in [0, 0.05) is 19.4 Å². The van der Waals surface area contributed by atoms with E-state index < -0.39 is 32.5 Å². The molecule has 0 spiro atoms. The second-order valence-electron chi connectivity index (χ2n) is 12.8. The molecular formula is C39H68NO9P. The minimum absolute atomic E-state index is 0.0398. The Morgan fingerprint density at radius 2 is 1.32 bits per heavy atom. The summed E-state index contributed by atoms with van der Waals surface area (Å²) in [7, 11) is -4.39. The summed E-state index contributed by atoms with van der Waals surface area (Å²) in [4.78, 5) is 34.8. The van der Waals surface area contributed by atoms with Crippen molar-refractivity contribution in [2.75, 3.05) is 26.4 Å². The van der Waals surface area contributed by atoms with Crippen LogP contribution in [0.2, 0.25) is 0 Å². The lowest BCUT2D eigenvalue weighted by molar-refractivity contribution is -0.161. The van der Waals surface area contributed by atoms with Gasteiger partial charge in [-0.3, -0.25) is 18.6 Å². The van der Waals surface area contributed by atoms with Gasteiger partial charge in [0.2, 0.25) is 0 Å². The number of rotatable bonds is 34. The number of hydrogen-bond acceptors (Lipinski definition) is 9. The fourth-order valence-corrected chi connectivity index (χ4v) is 5.88. The van der Waals surface area contributed by atoms with E-state index in [1.807, 2.05) is 0 Å². The fourth-order valence-electron chi connectivity index (χ4n) is 5.11. The fraction of sp³-hybridized carbons (Fsp3) is 0.744. The average Bonchev–Trinajstić information content (AvgIpc) is 3.85. The quantitative estimate of drug-likeness (QED) is 0.0216. The molecule has 3 N–H and O–H groups in total. The maximum atomic E-state index is 12.5. The van der Waals surface area contributed by atoms with Gasteiger partial charge in [0.25, 0.3) is 0 Å². The van der Waals surface area contributed by atoms with Crippen molar-refractivity contribution >= 4 is 19.8 Å². The smallest absolute Gasteiger partial charge is 0.462 e. The lowest BCUT2D eigenvalue weighted by Crippen LogP contribution is -2.29. The van der Waals surface area contributed by atoms with Crippen LogP contribution in [0.1, 0.15) is 142 Å². The molecule has 1 rings (SSSR count). The molecule has 10 nitrogen and oxygen atoms in total. The molecule has 1 aliphatic rings. The molecular weight excluding hydrogens is 657 g/mol. The van der Waals surface area contributed by atoms with Gasteiger partial charge >= 0.3 is 19.8 Å². The van der Waals surface area contributed by atoms with Crippen LogP contribution in [0.4, 0.5) is 0 Å². The summed E-state index contributed by atoms with van der Waals surface area (Å²) >= 11 is 0. The monoisotopic (exact) mass is 725 g/mol. The van der Waals surface area contributed by atoms with Crippen LogP contribution >= 0.6 is 7.82 Å². The number of unbranched alkanes of at least 4 members (excludes halogenated alkanes) is 10. The van der Waals surface area contributed by atoms with E-state index in [0.717, 1.165) is 64.2 Å². The highest BCUT2D eigenvalue weighted by Crippen LogP contribution is 2.43. The number of carbonyl (C=O) groups is 2. The van der Waals surface area contributed by atoms with Crippen molar-refractivity contribution in [3.8, 4) is 0 Å². The minimum Gasteiger partial charge on any atom is -0.462 e. The van der Waals surface area contributed by atoms with Crippen LogP contribution in [0.25, 0.3) is 0 Å². The zero-order valence-electron chi connectivity index (χ0n) is 31.1.